The number of nitrogens with zero attached hydrogens (tertiary/aromatic N) is 3. The van der Waals surface area contributed by atoms with Crippen molar-refractivity contribution >= 4 is 17.2 Å². The van der Waals surface area contributed by atoms with E-state index in [0.717, 1.165) is 51.6 Å². The SMILES string of the molecule is COc1ccc(-c2nc3c(-c4ccc(Cl)cc4)cnn3c3c2CCCCCC3)cc1. The van der Waals surface area contributed by atoms with Crippen LogP contribution in [0.4, 0.5) is 0 Å². The Morgan fingerprint density at radius 1 is 0.867 bits per heavy atom. The van der Waals surface area contributed by atoms with Crippen molar-refractivity contribution in [3.05, 3.63) is 71.0 Å². The van der Waals surface area contributed by atoms with E-state index in [9.17, 15) is 0 Å². The summed E-state index contributed by atoms with van der Waals surface area (Å²) in [5, 5.41) is 5.50. The minimum atomic E-state index is 0.729. The van der Waals surface area contributed by atoms with Gasteiger partial charge < -0.3 is 4.74 Å². The molecular formula is C25H24ClN3O. The first-order chi connectivity index (χ1) is 14.7. The largest absolute Gasteiger partial charge is 0.497 e. The molecule has 0 N–H and O–H groups in total. The maximum Gasteiger partial charge on any atom is 0.163 e. The van der Waals surface area contributed by atoms with E-state index in [0.29, 0.717) is 0 Å². The fourth-order valence-electron chi connectivity index (χ4n) is 4.37. The van der Waals surface area contributed by atoms with Crippen LogP contribution in [0, 0.1) is 0 Å². The Morgan fingerprint density at radius 2 is 1.57 bits per heavy atom. The first-order valence-electron chi connectivity index (χ1n) is 10.5. The highest BCUT2D eigenvalue weighted by atomic mass is 35.5. The Kier molecular flexibility index (Phi) is 5.17. The molecule has 0 bridgehead atoms. The van der Waals surface area contributed by atoms with E-state index >= 15 is 0 Å². The summed E-state index contributed by atoms with van der Waals surface area (Å²) in [6, 6.07) is 16.1. The van der Waals surface area contributed by atoms with Crippen molar-refractivity contribution in [1.82, 2.24) is 14.6 Å². The van der Waals surface area contributed by atoms with E-state index in [1.807, 2.05) is 42.6 Å². The minimum Gasteiger partial charge on any atom is -0.497 e. The Labute approximate surface area is 181 Å². The number of halogens is 1. The van der Waals surface area contributed by atoms with E-state index < -0.39 is 0 Å². The summed E-state index contributed by atoms with van der Waals surface area (Å²) < 4.78 is 7.42. The van der Waals surface area contributed by atoms with Crippen LogP contribution in [0.3, 0.4) is 0 Å². The van der Waals surface area contributed by atoms with Gasteiger partial charge in [-0.1, -0.05) is 36.6 Å². The molecule has 2 aromatic carbocycles. The molecule has 0 amide bonds. The van der Waals surface area contributed by atoms with Gasteiger partial charge in [0.1, 0.15) is 5.75 Å². The van der Waals surface area contributed by atoms with Crippen LogP contribution < -0.4 is 4.74 Å². The molecule has 1 aliphatic carbocycles. The molecule has 0 unspecified atom stereocenters. The maximum absolute atomic E-state index is 6.10. The zero-order valence-electron chi connectivity index (χ0n) is 17.1. The summed E-state index contributed by atoms with van der Waals surface area (Å²) in [5.41, 5.74) is 7.84. The fourth-order valence-corrected chi connectivity index (χ4v) is 4.50. The average molecular weight is 418 g/mol. The van der Waals surface area contributed by atoms with Gasteiger partial charge in [0.05, 0.1) is 19.0 Å². The van der Waals surface area contributed by atoms with Crippen LogP contribution in [0.25, 0.3) is 28.0 Å². The number of ether oxygens (including phenoxy) is 1. The van der Waals surface area contributed by atoms with Gasteiger partial charge in [-0.05, 0) is 67.6 Å². The topological polar surface area (TPSA) is 39.4 Å². The van der Waals surface area contributed by atoms with Gasteiger partial charge in [-0.15, -0.1) is 0 Å². The number of rotatable bonds is 3. The predicted molar refractivity (Wildman–Crippen MR) is 121 cm³/mol. The van der Waals surface area contributed by atoms with Crippen molar-refractivity contribution in [2.24, 2.45) is 0 Å². The smallest absolute Gasteiger partial charge is 0.163 e. The van der Waals surface area contributed by atoms with Crippen LogP contribution in [0.5, 0.6) is 5.75 Å². The second-order valence-corrected chi connectivity index (χ2v) is 8.27. The Hall–Kier alpha value is -2.85. The first-order valence-corrected chi connectivity index (χ1v) is 10.9. The third kappa shape index (κ3) is 3.46. The van der Waals surface area contributed by atoms with Crippen LogP contribution in [-0.2, 0) is 12.8 Å². The summed E-state index contributed by atoms with van der Waals surface area (Å²) in [5.74, 6) is 0.855. The minimum absolute atomic E-state index is 0.729. The van der Waals surface area contributed by atoms with Crippen LogP contribution >= 0.6 is 11.6 Å². The van der Waals surface area contributed by atoms with E-state index in [4.69, 9.17) is 26.4 Å². The van der Waals surface area contributed by atoms with Crippen molar-refractivity contribution in [1.29, 1.82) is 0 Å². The zero-order valence-corrected chi connectivity index (χ0v) is 17.8. The molecule has 4 nitrogen and oxygen atoms in total. The van der Waals surface area contributed by atoms with Gasteiger partial charge in [-0.25, -0.2) is 9.50 Å². The highest BCUT2D eigenvalue weighted by Gasteiger charge is 2.21. The molecule has 0 fully saturated rings. The molecule has 0 aliphatic heterocycles. The van der Waals surface area contributed by atoms with Crippen molar-refractivity contribution in [2.45, 2.75) is 38.5 Å². The molecule has 2 heterocycles. The van der Waals surface area contributed by atoms with Gasteiger partial charge in [0.15, 0.2) is 5.65 Å². The second-order valence-electron chi connectivity index (χ2n) is 7.83. The molecule has 152 valence electrons. The summed E-state index contributed by atoms with van der Waals surface area (Å²) in [4.78, 5) is 5.17. The highest BCUT2D eigenvalue weighted by Crippen LogP contribution is 2.34. The predicted octanol–water partition coefficient (Wildman–Crippen LogP) is 6.38. The van der Waals surface area contributed by atoms with Crippen LogP contribution in [0.2, 0.25) is 5.02 Å². The van der Waals surface area contributed by atoms with Gasteiger partial charge in [-0.3, -0.25) is 0 Å². The quantitative estimate of drug-likeness (QED) is 0.388. The maximum atomic E-state index is 6.10. The van der Waals surface area contributed by atoms with E-state index in [2.05, 4.69) is 16.6 Å². The summed E-state index contributed by atoms with van der Waals surface area (Å²) >= 11 is 6.10. The number of aryl methyl sites for hydroxylation is 1. The third-order valence-electron chi connectivity index (χ3n) is 5.96. The molecule has 4 aromatic rings. The monoisotopic (exact) mass is 417 g/mol. The Balaban J connectivity index is 1.75. The van der Waals surface area contributed by atoms with Crippen molar-refractivity contribution in [3.8, 4) is 28.1 Å². The lowest BCUT2D eigenvalue weighted by Crippen LogP contribution is -2.11. The number of benzene rings is 2. The fraction of sp³-hybridized carbons (Fsp3) is 0.280. The Morgan fingerprint density at radius 3 is 2.30 bits per heavy atom. The van der Waals surface area contributed by atoms with Crippen molar-refractivity contribution in [3.63, 3.8) is 0 Å². The number of aromatic nitrogens is 3. The molecule has 5 heteroatoms. The standard InChI is InChI=1S/C25H24ClN3O/c1-30-20-14-10-18(11-15-20)24-21-6-4-2-3-5-7-23(21)29-25(28-24)22(16-27-29)17-8-12-19(26)13-9-17/h8-16H,2-7H2,1H3. The van der Waals surface area contributed by atoms with Crippen LogP contribution in [-0.4, -0.2) is 21.7 Å². The first kappa shape index (κ1) is 19.1. The van der Waals surface area contributed by atoms with Crippen LogP contribution in [0.15, 0.2) is 54.7 Å². The van der Waals surface area contributed by atoms with Crippen molar-refractivity contribution < 1.29 is 4.74 Å². The lowest BCUT2D eigenvalue weighted by molar-refractivity contribution is 0.415. The van der Waals surface area contributed by atoms with Gasteiger partial charge in [0.2, 0.25) is 0 Å². The highest BCUT2D eigenvalue weighted by molar-refractivity contribution is 6.30. The van der Waals surface area contributed by atoms with Crippen molar-refractivity contribution in [2.75, 3.05) is 7.11 Å². The molecular weight excluding hydrogens is 394 g/mol. The number of hydrogen-bond donors (Lipinski definition) is 0. The van der Waals surface area contributed by atoms with Gasteiger partial charge >= 0.3 is 0 Å². The summed E-state index contributed by atoms with van der Waals surface area (Å²) in [6.45, 7) is 0. The lowest BCUT2D eigenvalue weighted by Gasteiger charge is -2.19. The lowest BCUT2D eigenvalue weighted by atomic mass is 9.93. The third-order valence-corrected chi connectivity index (χ3v) is 6.21. The number of hydrogen-bond acceptors (Lipinski definition) is 3. The van der Waals surface area contributed by atoms with E-state index in [-0.39, 0.29) is 0 Å². The molecule has 0 radical (unpaired) electrons. The Bertz CT molecular complexity index is 1180. The summed E-state index contributed by atoms with van der Waals surface area (Å²) in [6.07, 6.45) is 8.91. The molecule has 2 aromatic heterocycles. The van der Waals surface area contributed by atoms with Gasteiger partial charge in [0, 0.05) is 27.4 Å². The number of fused-ring (bicyclic) bond motifs is 3. The molecule has 5 rings (SSSR count). The molecule has 0 spiro atoms. The zero-order chi connectivity index (χ0) is 20.5. The molecule has 1 aliphatic rings. The number of methoxy groups -OCH3 is 1. The average Bonchev–Trinajstić information content (AvgIpc) is 3.18. The molecule has 30 heavy (non-hydrogen) atoms. The van der Waals surface area contributed by atoms with Crippen LogP contribution in [0.1, 0.15) is 36.9 Å². The van der Waals surface area contributed by atoms with Gasteiger partial charge in [0.25, 0.3) is 0 Å². The van der Waals surface area contributed by atoms with E-state index in [1.165, 1.54) is 36.9 Å². The summed E-state index contributed by atoms with van der Waals surface area (Å²) in [7, 11) is 1.69. The van der Waals surface area contributed by atoms with Gasteiger partial charge in [-0.2, -0.15) is 5.10 Å². The molecule has 0 saturated carbocycles. The molecule has 0 atom stereocenters. The van der Waals surface area contributed by atoms with E-state index in [1.54, 1.807) is 7.11 Å². The second kappa shape index (κ2) is 8.11. The molecule has 0 saturated heterocycles. The normalized spacial score (nSPS) is 14.2.